The van der Waals surface area contributed by atoms with E-state index in [-0.39, 0.29) is 18.2 Å². The highest BCUT2D eigenvalue weighted by molar-refractivity contribution is 6.42. The van der Waals surface area contributed by atoms with Crippen molar-refractivity contribution in [3.63, 3.8) is 0 Å². The maximum absolute atomic E-state index is 12.8. The second-order valence-corrected chi connectivity index (χ2v) is 7.08. The Morgan fingerprint density at radius 2 is 1.80 bits per heavy atom. The lowest BCUT2D eigenvalue weighted by atomic mass is 9.99. The van der Waals surface area contributed by atoms with E-state index < -0.39 is 12.0 Å². The number of rotatable bonds is 6. The third kappa shape index (κ3) is 4.25. The molecule has 6 nitrogen and oxygen atoms in total. The van der Waals surface area contributed by atoms with E-state index in [0.717, 1.165) is 11.1 Å². The maximum Gasteiger partial charge on any atom is 0.242 e. The lowest BCUT2D eigenvalue weighted by Crippen LogP contribution is -2.46. The number of carbonyl (C=O) groups excluding carboxylic acids is 3. The van der Waals surface area contributed by atoms with E-state index in [1.165, 1.54) is 19.0 Å². The van der Waals surface area contributed by atoms with Crippen molar-refractivity contribution in [1.29, 1.82) is 0 Å². The first-order chi connectivity index (χ1) is 11.8. The Morgan fingerprint density at radius 3 is 2.24 bits per heavy atom. The molecule has 2 unspecified atom stereocenters. The Labute approximate surface area is 157 Å². The number of hydrogen-bond acceptors (Lipinski definition) is 3. The second-order valence-electron chi connectivity index (χ2n) is 6.27. The molecule has 1 heterocycles. The number of nitrogens with zero attached hydrogens (tertiary/aromatic N) is 2. The van der Waals surface area contributed by atoms with Crippen molar-refractivity contribution in [3.05, 3.63) is 33.3 Å². The predicted molar refractivity (Wildman–Crippen MR) is 96.2 cm³/mol. The van der Waals surface area contributed by atoms with Gasteiger partial charge < -0.3 is 15.1 Å². The van der Waals surface area contributed by atoms with Crippen molar-refractivity contribution in [2.24, 2.45) is 5.92 Å². The van der Waals surface area contributed by atoms with Crippen LogP contribution in [0.1, 0.15) is 24.5 Å². The summed E-state index contributed by atoms with van der Waals surface area (Å²) >= 11 is 12.1. The van der Waals surface area contributed by atoms with Gasteiger partial charge in [0.15, 0.2) is 0 Å². The van der Waals surface area contributed by atoms with E-state index in [4.69, 9.17) is 23.2 Å². The first kappa shape index (κ1) is 19.5. The molecule has 0 aliphatic carbocycles. The van der Waals surface area contributed by atoms with Crippen LogP contribution in [0.5, 0.6) is 0 Å². The van der Waals surface area contributed by atoms with E-state index in [1.54, 1.807) is 24.0 Å². The maximum atomic E-state index is 12.8. The number of hydrogen-bond donors (Lipinski definition) is 1. The Hall–Kier alpha value is -1.79. The van der Waals surface area contributed by atoms with Gasteiger partial charge in [0.05, 0.1) is 10.0 Å². The summed E-state index contributed by atoms with van der Waals surface area (Å²) in [7, 11) is 3.03. The fourth-order valence-electron chi connectivity index (χ4n) is 2.99. The molecular formula is C17H21Cl2N3O3. The highest BCUT2D eigenvalue weighted by Gasteiger charge is 2.31. The highest BCUT2D eigenvalue weighted by atomic mass is 35.5. The molecule has 0 aromatic heterocycles. The number of amides is 3. The van der Waals surface area contributed by atoms with Gasteiger partial charge in [-0.05, 0) is 29.7 Å². The van der Waals surface area contributed by atoms with Crippen LogP contribution in [0.4, 0.5) is 0 Å². The Bertz CT molecular complexity index is 665. The fraction of sp³-hybridized carbons (Fsp3) is 0.471. The zero-order valence-electron chi connectivity index (χ0n) is 14.4. The molecule has 25 heavy (non-hydrogen) atoms. The minimum Gasteiger partial charge on any atom is -0.357 e. The summed E-state index contributed by atoms with van der Waals surface area (Å²) in [4.78, 5) is 38.7. The van der Waals surface area contributed by atoms with Crippen LogP contribution < -0.4 is 5.32 Å². The van der Waals surface area contributed by atoms with Crippen LogP contribution in [0.3, 0.4) is 0 Å². The molecule has 1 aliphatic rings. The van der Waals surface area contributed by atoms with Gasteiger partial charge in [-0.25, -0.2) is 0 Å². The Morgan fingerprint density at radius 1 is 1.28 bits per heavy atom. The Kier molecular flexibility index (Phi) is 6.30. The van der Waals surface area contributed by atoms with Crippen LogP contribution in [-0.4, -0.2) is 48.2 Å². The van der Waals surface area contributed by atoms with Gasteiger partial charge >= 0.3 is 0 Å². The summed E-state index contributed by atoms with van der Waals surface area (Å²) < 4.78 is 0. The first-order valence-corrected chi connectivity index (χ1v) is 8.68. The topological polar surface area (TPSA) is 69.7 Å². The summed E-state index contributed by atoms with van der Waals surface area (Å²) in [6.07, 6.45) is 0.842. The van der Waals surface area contributed by atoms with Crippen molar-refractivity contribution in [3.8, 4) is 0 Å². The van der Waals surface area contributed by atoms with Gasteiger partial charge in [0.2, 0.25) is 18.2 Å². The number of likely N-dealkylation sites (N-methyl/N-ethyl adjacent to an activating group) is 2. The van der Waals surface area contributed by atoms with Gasteiger partial charge in [0.25, 0.3) is 0 Å². The van der Waals surface area contributed by atoms with Gasteiger partial charge in [-0.2, -0.15) is 0 Å². The van der Waals surface area contributed by atoms with Crippen LogP contribution in [0.2, 0.25) is 10.0 Å². The number of fused-ring (bicyclic) bond motifs is 1. The molecule has 0 radical (unpaired) electrons. The van der Waals surface area contributed by atoms with Crippen molar-refractivity contribution in [1.82, 2.24) is 15.1 Å². The van der Waals surface area contributed by atoms with Gasteiger partial charge in [0.1, 0.15) is 6.04 Å². The molecule has 0 fully saturated rings. The van der Waals surface area contributed by atoms with Crippen LogP contribution >= 0.6 is 23.2 Å². The lowest BCUT2D eigenvalue weighted by Gasteiger charge is -2.27. The number of carbonyl (C=O) groups is 3. The molecule has 8 heteroatoms. The van der Waals surface area contributed by atoms with Crippen molar-refractivity contribution >= 4 is 41.4 Å². The average molecular weight is 386 g/mol. The molecule has 1 aromatic rings. The predicted octanol–water partition coefficient (Wildman–Crippen LogP) is 2.06. The average Bonchev–Trinajstić information content (AvgIpc) is 3.00. The molecular weight excluding hydrogens is 365 g/mol. The second kappa shape index (κ2) is 8.06. The standard InChI is InChI=1S/C17H21Cl2N3O3/c1-10(4-15(16(24)20-2)21(3)9-23)17(25)22-7-11-5-13(18)14(19)6-12(11)8-22/h5-6,9-10,15H,4,7-8H2,1-3H3,(H,20,24). The van der Waals surface area contributed by atoms with E-state index in [2.05, 4.69) is 5.32 Å². The van der Waals surface area contributed by atoms with Gasteiger partial charge in [-0.1, -0.05) is 30.1 Å². The van der Waals surface area contributed by atoms with Gasteiger partial charge in [0, 0.05) is 33.1 Å². The van der Waals surface area contributed by atoms with Gasteiger partial charge in [-0.3, -0.25) is 14.4 Å². The summed E-state index contributed by atoms with van der Waals surface area (Å²) in [6.45, 7) is 2.69. The largest absolute Gasteiger partial charge is 0.357 e. The molecule has 0 spiro atoms. The molecule has 2 rings (SSSR count). The number of nitrogens with one attached hydrogen (secondary N) is 1. The molecule has 3 amide bonds. The minimum absolute atomic E-state index is 0.0725. The van der Waals surface area contributed by atoms with Gasteiger partial charge in [-0.15, -0.1) is 0 Å². The monoisotopic (exact) mass is 385 g/mol. The first-order valence-electron chi connectivity index (χ1n) is 7.92. The lowest BCUT2D eigenvalue weighted by molar-refractivity contribution is -0.138. The van der Waals surface area contributed by atoms with Crippen molar-refractivity contribution < 1.29 is 14.4 Å². The summed E-state index contributed by atoms with van der Waals surface area (Å²) in [5, 5.41) is 3.46. The summed E-state index contributed by atoms with van der Waals surface area (Å²) in [5.74, 6) is -0.779. The van der Waals surface area contributed by atoms with Crippen LogP contribution in [0, 0.1) is 5.92 Å². The zero-order valence-corrected chi connectivity index (χ0v) is 15.9. The summed E-state index contributed by atoms with van der Waals surface area (Å²) in [6, 6.07) is 2.88. The minimum atomic E-state index is -0.685. The van der Waals surface area contributed by atoms with E-state index in [1.807, 2.05) is 0 Å². The third-order valence-corrected chi connectivity index (χ3v) is 5.20. The van der Waals surface area contributed by atoms with Crippen molar-refractivity contribution in [2.45, 2.75) is 32.5 Å². The van der Waals surface area contributed by atoms with E-state index in [0.29, 0.717) is 29.5 Å². The molecule has 1 aliphatic heterocycles. The molecule has 1 N–H and O–H groups in total. The molecule has 0 saturated heterocycles. The SMILES string of the molecule is CNC(=O)C(CC(C)C(=O)N1Cc2cc(Cl)c(Cl)cc2C1)N(C)C=O. The van der Waals surface area contributed by atoms with Crippen molar-refractivity contribution in [2.75, 3.05) is 14.1 Å². The summed E-state index contributed by atoms with van der Waals surface area (Å²) in [5.41, 5.74) is 1.95. The van der Waals surface area contributed by atoms with Crippen LogP contribution in [0.25, 0.3) is 0 Å². The van der Waals surface area contributed by atoms with Crippen LogP contribution in [0.15, 0.2) is 12.1 Å². The molecule has 2 atom stereocenters. The zero-order chi connectivity index (χ0) is 18.7. The fourth-order valence-corrected chi connectivity index (χ4v) is 3.36. The molecule has 0 bridgehead atoms. The third-order valence-electron chi connectivity index (χ3n) is 4.48. The normalized spacial score (nSPS) is 15.3. The number of benzene rings is 1. The van der Waals surface area contributed by atoms with E-state index >= 15 is 0 Å². The highest BCUT2D eigenvalue weighted by Crippen LogP contribution is 2.32. The van der Waals surface area contributed by atoms with E-state index in [9.17, 15) is 14.4 Å². The quantitative estimate of drug-likeness (QED) is 0.761. The molecule has 136 valence electrons. The number of halogens is 2. The Balaban J connectivity index is 2.07. The molecule has 1 aromatic carbocycles. The molecule has 0 saturated carbocycles. The van der Waals surface area contributed by atoms with Crippen LogP contribution in [-0.2, 0) is 27.5 Å². The smallest absolute Gasteiger partial charge is 0.242 e.